The molecule has 0 saturated carbocycles. The van der Waals surface area contributed by atoms with Crippen molar-refractivity contribution >= 4 is 42.9 Å². The Hall–Kier alpha value is -0.470. The Labute approximate surface area is 95.2 Å². The minimum absolute atomic E-state index is 0.0424. The molecule has 14 heavy (non-hydrogen) atoms. The van der Waals surface area contributed by atoms with E-state index in [1.54, 1.807) is 6.07 Å². The average Bonchev–Trinajstić information content (AvgIpc) is 2.01. The lowest BCUT2D eigenvalue weighted by Gasteiger charge is -2.02. The fraction of sp³-hybridized carbons (Fsp3) is 0. The molecule has 0 aromatic heterocycles. The van der Waals surface area contributed by atoms with E-state index in [4.69, 9.17) is 39.1 Å². The summed E-state index contributed by atoms with van der Waals surface area (Å²) in [5.74, 6) is 0. The molecule has 0 N–H and O–H groups in total. The van der Waals surface area contributed by atoms with Crippen LogP contribution in [0.4, 0.5) is 0 Å². The van der Waals surface area contributed by atoms with Crippen molar-refractivity contribution in [2.24, 2.45) is 0 Å². The number of nitrogens with zero attached hydrogens (tertiary/aromatic N) is 1. The number of rotatable bonds is 1. The lowest BCUT2D eigenvalue weighted by atomic mass is 10.2. The lowest BCUT2D eigenvalue weighted by molar-refractivity contribution is 0.609. The van der Waals surface area contributed by atoms with Gasteiger partial charge in [0.25, 0.3) is 9.05 Å². The highest BCUT2D eigenvalue weighted by Gasteiger charge is 2.19. The second-order valence-electron chi connectivity index (χ2n) is 2.31. The molecule has 0 amide bonds. The molecule has 0 aliphatic carbocycles. The third-order valence-corrected chi connectivity index (χ3v) is 3.26. The maximum atomic E-state index is 11.0. The minimum atomic E-state index is -4.01. The van der Waals surface area contributed by atoms with Crippen LogP contribution in [0.2, 0.25) is 10.0 Å². The first-order chi connectivity index (χ1) is 6.36. The third-order valence-electron chi connectivity index (χ3n) is 1.39. The number of benzene rings is 1. The van der Waals surface area contributed by atoms with Crippen molar-refractivity contribution in [1.82, 2.24) is 0 Å². The van der Waals surface area contributed by atoms with Gasteiger partial charge in [-0.1, -0.05) is 23.2 Å². The van der Waals surface area contributed by atoms with Crippen LogP contribution >= 0.6 is 33.9 Å². The molecule has 0 aliphatic rings. The average molecular weight is 271 g/mol. The molecule has 7 heteroatoms. The summed E-state index contributed by atoms with van der Waals surface area (Å²) in [7, 11) is 1.08. The second-order valence-corrected chi connectivity index (χ2v) is 5.69. The Bertz CT molecular complexity index is 518. The summed E-state index contributed by atoms with van der Waals surface area (Å²) < 4.78 is 22.0. The highest BCUT2D eigenvalue weighted by molar-refractivity contribution is 8.13. The lowest BCUT2D eigenvalue weighted by Crippen LogP contribution is -1.96. The van der Waals surface area contributed by atoms with Crippen molar-refractivity contribution in [2.45, 2.75) is 4.90 Å². The maximum absolute atomic E-state index is 11.0. The Morgan fingerprint density at radius 3 is 2.29 bits per heavy atom. The normalized spacial score (nSPS) is 11.0. The van der Waals surface area contributed by atoms with Crippen LogP contribution in [0, 0.1) is 11.3 Å². The van der Waals surface area contributed by atoms with Gasteiger partial charge < -0.3 is 0 Å². The largest absolute Gasteiger partial charge is 0.262 e. The number of nitriles is 1. The first kappa shape index (κ1) is 11.6. The van der Waals surface area contributed by atoms with E-state index in [0.29, 0.717) is 0 Å². The molecule has 0 bridgehead atoms. The molecule has 0 spiro atoms. The Morgan fingerprint density at radius 2 is 1.86 bits per heavy atom. The number of hydrogen-bond acceptors (Lipinski definition) is 3. The molecule has 0 heterocycles. The molecule has 0 unspecified atom stereocenters. The summed E-state index contributed by atoms with van der Waals surface area (Å²) in [6, 6.07) is 3.99. The standard InChI is InChI=1S/C7H2Cl3NO2S/c8-4-1-6(9)5(3-11)7(2-4)14(10,12)13/h1-2H. The highest BCUT2D eigenvalue weighted by atomic mass is 35.7. The second kappa shape index (κ2) is 3.95. The Morgan fingerprint density at radius 1 is 1.29 bits per heavy atom. The first-order valence-corrected chi connectivity index (χ1v) is 6.26. The van der Waals surface area contributed by atoms with Crippen LogP contribution in [0.3, 0.4) is 0 Å². The van der Waals surface area contributed by atoms with Crippen LogP contribution in [0.5, 0.6) is 0 Å². The van der Waals surface area contributed by atoms with Crippen LogP contribution in [0.15, 0.2) is 17.0 Å². The van der Waals surface area contributed by atoms with Crippen molar-refractivity contribution in [3.63, 3.8) is 0 Å². The van der Waals surface area contributed by atoms with E-state index in [1.165, 1.54) is 6.07 Å². The van der Waals surface area contributed by atoms with Gasteiger partial charge in [0, 0.05) is 15.7 Å². The first-order valence-electron chi connectivity index (χ1n) is 3.20. The van der Waals surface area contributed by atoms with Crippen molar-refractivity contribution in [3.8, 4) is 6.07 Å². The van der Waals surface area contributed by atoms with Gasteiger partial charge >= 0.3 is 0 Å². The summed E-state index contributed by atoms with van der Waals surface area (Å²) in [6.07, 6.45) is 0. The Kier molecular flexibility index (Phi) is 3.28. The molecule has 0 saturated heterocycles. The fourth-order valence-corrected chi connectivity index (χ4v) is 2.54. The predicted octanol–water partition coefficient (Wildman–Crippen LogP) is 2.79. The summed E-state index contributed by atoms with van der Waals surface area (Å²) in [5.41, 5.74) is -0.203. The molecular weight excluding hydrogens is 269 g/mol. The zero-order valence-corrected chi connectivity index (χ0v) is 9.54. The molecule has 1 rings (SSSR count). The maximum Gasteiger partial charge on any atom is 0.262 e. The molecule has 1 aromatic rings. The van der Waals surface area contributed by atoms with Gasteiger partial charge in [-0.25, -0.2) is 8.42 Å². The van der Waals surface area contributed by atoms with E-state index in [-0.39, 0.29) is 20.5 Å². The third kappa shape index (κ3) is 2.31. The molecule has 74 valence electrons. The SMILES string of the molecule is N#Cc1c(Cl)cc(Cl)cc1S(=O)(=O)Cl. The van der Waals surface area contributed by atoms with Crippen LogP contribution < -0.4 is 0 Å². The molecule has 0 atom stereocenters. The van der Waals surface area contributed by atoms with Gasteiger partial charge in [0.2, 0.25) is 0 Å². The van der Waals surface area contributed by atoms with Crippen molar-refractivity contribution in [1.29, 1.82) is 5.26 Å². The van der Waals surface area contributed by atoms with Crippen molar-refractivity contribution in [2.75, 3.05) is 0 Å². The van der Waals surface area contributed by atoms with Gasteiger partial charge in [0.05, 0.1) is 10.6 Å². The van der Waals surface area contributed by atoms with Gasteiger partial charge in [-0.3, -0.25) is 0 Å². The van der Waals surface area contributed by atoms with Gasteiger partial charge in [-0.05, 0) is 12.1 Å². The minimum Gasteiger partial charge on any atom is -0.207 e. The zero-order chi connectivity index (χ0) is 10.9. The van der Waals surface area contributed by atoms with Crippen LogP contribution in [-0.2, 0) is 9.05 Å². The van der Waals surface area contributed by atoms with Crippen LogP contribution in [0.25, 0.3) is 0 Å². The number of halogens is 3. The summed E-state index contributed by atoms with van der Waals surface area (Å²) in [5, 5.41) is 8.72. The van der Waals surface area contributed by atoms with Crippen LogP contribution in [0.1, 0.15) is 5.56 Å². The van der Waals surface area contributed by atoms with E-state index in [0.717, 1.165) is 6.07 Å². The molecular formula is C7H2Cl3NO2S. The summed E-state index contributed by atoms with van der Waals surface area (Å²) in [4.78, 5) is -0.376. The molecule has 0 fully saturated rings. The summed E-state index contributed by atoms with van der Waals surface area (Å²) in [6.45, 7) is 0. The molecule has 0 radical (unpaired) electrons. The van der Waals surface area contributed by atoms with E-state index in [1.807, 2.05) is 0 Å². The smallest absolute Gasteiger partial charge is 0.207 e. The monoisotopic (exact) mass is 269 g/mol. The molecule has 0 aliphatic heterocycles. The van der Waals surface area contributed by atoms with Crippen molar-refractivity contribution in [3.05, 3.63) is 27.7 Å². The molecule has 1 aromatic carbocycles. The fourth-order valence-electron chi connectivity index (χ4n) is 0.851. The predicted molar refractivity (Wildman–Crippen MR) is 54.2 cm³/mol. The summed E-state index contributed by atoms with van der Waals surface area (Å²) >= 11 is 11.2. The highest BCUT2D eigenvalue weighted by Crippen LogP contribution is 2.29. The van der Waals surface area contributed by atoms with Crippen molar-refractivity contribution < 1.29 is 8.42 Å². The van der Waals surface area contributed by atoms with E-state index >= 15 is 0 Å². The zero-order valence-electron chi connectivity index (χ0n) is 6.46. The number of hydrogen-bond donors (Lipinski definition) is 0. The molecule has 3 nitrogen and oxygen atoms in total. The quantitative estimate of drug-likeness (QED) is 0.737. The van der Waals surface area contributed by atoms with E-state index in [2.05, 4.69) is 0 Å². The van der Waals surface area contributed by atoms with Crippen LogP contribution in [-0.4, -0.2) is 8.42 Å². The Balaban J connectivity index is 3.68. The van der Waals surface area contributed by atoms with E-state index < -0.39 is 9.05 Å². The van der Waals surface area contributed by atoms with Gasteiger partial charge in [0.1, 0.15) is 11.0 Å². The van der Waals surface area contributed by atoms with Gasteiger partial charge in [0.15, 0.2) is 0 Å². The topological polar surface area (TPSA) is 57.9 Å². The van der Waals surface area contributed by atoms with Gasteiger partial charge in [-0.15, -0.1) is 0 Å². The van der Waals surface area contributed by atoms with E-state index in [9.17, 15) is 8.42 Å². The van der Waals surface area contributed by atoms with Gasteiger partial charge in [-0.2, -0.15) is 5.26 Å².